The van der Waals surface area contributed by atoms with Gasteiger partial charge in [-0.2, -0.15) is 13.9 Å². The van der Waals surface area contributed by atoms with E-state index in [-0.39, 0.29) is 5.75 Å². The molecule has 2 aromatic rings. The largest absolute Gasteiger partial charge is 0.435 e. The molecule has 6 heteroatoms. The minimum atomic E-state index is -2.84. The minimum absolute atomic E-state index is 0.112. The second kappa shape index (κ2) is 5.90. The maximum Gasteiger partial charge on any atom is 0.387 e. The molecule has 0 atom stereocenters. The third-order valence-corrected chi connectivity index (χ3v) is 2.86. The summed E-state index contributed by atoms with van der Waals surface area (Å²) in [6, 6.07) is 6.48. The van der Waals surface area contributed by atoms with Gasteiger partial charge < -0.3 is 10.5 Å². The van der Waals surface area contributed by atoms with E-state index >= 15 is 0 Å². The molecule has 0 aliphatic heterocycles. The smallest absolute Gasteiger partial charge is 0.387 e. The molecule has 0 saturated carbocycles. The van der Waals surface area contributed by atoms with Crippen molar-refractivity contribution in [3.05, 3.63) is 29.8 Å². The molecular formula is C14H17F2N3O. The predicted octanol–water partition coefficient (Wildman–Crippen LogP) is 3.46. The van der Waals surface area contributed by atoms with E-state index in [0.717, 1.165) is 23.2 Å². The first-order valence-corrected chi connectivity index (χ1v) is 6.35. The molecule has 0 fully saturated rings. The Bertz CT molecular complexity index is 582. The van der Waals surface area contributed by atoms with Gasteiger partial charge in [-0.15, -0.1) is 0 Å². The van der Waals surface area contributed by atoms with E-state index in [9.17, 15) is 8.78 Å². The molecule has 0 unspecified atom stereocenters. The first-order valence-electron chi connectivity index (χ1n) is 6.35. The first kappa shape index (κ1) is 14.3. The van der Waals surface area contributed by atoms with E-state index in [1.807, 2.05) is 0 Å². The summed E-state index contributed by atoms with van der Waals surface area (Å²) in [6.45, 7) is 1.31. The van der Waals surface area contributed by atoms with Gasteiger partial charge in [-0.3, -0.25) is 5.10 Å². The second-order valence-corrected chi connectivity index (χ2v) is 4.97. The van der Waals surface area contributed by atoms with Gasteiger partial charge in [-0.05, 0) is 24.5 Å². The van der Waals surface area contributed by atoms with E-state index in [1.54, 1.807) is 18.2 Å². The topological polar surface area (TPSA) is 63.9 Å². The molecule has 0 radical (unpaired) electrons. The molecule has 2 rings (SSSR count). The summed E-state index contributed by atoms with van der Waals surface area (Å²) in [6.07, 6.45) is 0.762. The van der Waals surface area contributed by atoms with Crippen molar-refractivity contribution < 1.29 is 13.5 Å². The summed E-state index contributed by atoms with van der Waals surface area (Å²) >= 11 is 0. The molecule has 1 heterocycles. The summed E-state index contributed by atoms with van der Waals surface area (Å²) < 4.78 is 28.9. The predicted molar refractivity (Wildman–Crippen MR) is 73.6 cm³/mol. The maximum atomic E-state index is 12.2. The standard InChI is InChI=1S/C14H17F2N3O/c1-8(2)6-11-12(18-19-13(11)17)9-4-3-5-10(7-9)20-14(15)16/h3-5,7-8,14H,6H2,1-2H3,(H3,17,18,19). The molecule has 0 aliphatic carbocycles. The number of alkyl halides is 2. The molecule has 4 nitrogen and oxygen atoms in total. The fourth-order valence-corrected chi connectivity index (χ4v) is 2.06. The van der Waals surface area contributed by atoms with Crippen molar-refractivity contribution in [2.45, 2.75) is 26.9 Å². The molecule has 3 N–H and O–H groups in total. The Morgan fingerprint density at radius 3 is 2.75 bits per heavy atom. The van der Waals surface area contributed by atoms with Crippen molar-refractivity contribution in [3.63, 3.8) is 0 Å². The normalized spacial score (nSPS) is 11.3. The number of rotatable bonds is 5. The van der Waals surface area contributed by atoms with Crippen molar-refractivity contribution in [1.82, 2.24) is 10.2 Å². The number of halogens is 2. The second-order valence-electron chi connectivity index (χ2n) is 4.97. The highest BCUT2D eigenvalue weighted by atomic mass is 19.3. The van der Waals surface area contributed by atoms with E-state index in [1.165, 1.54) is 6.07 Å². The highest BCUT2D eigenvalue weighted by molar-refractivity contribution is 5.69. The zero-order chi connectivity index (χ0) is 14.7. The minimum Gasteiger partial charge on any atom is -0.435 e. The lowest BCUT2D eigenvalue weighted by Crippen LogP contribution is -2.02. The van der Waals surface area contributed by atoms with E-state index in [2.05, 4.69) is 28.8 Å². The van der Waals surface area contributed by atoms with Crippen molar-refractivity contribution in [2.24, 2.45) is 5.92 Å². The average Bonchev–Trinajstić information content (AvgIpc) is 2.70. The number of hydrogen-bond donors (Lipinski definition) is 2. The van der Waals surface area contributed by atoms with Crippen molar-refractivity contribution in [3.8, 4) is 17.0 Å². The number of aromatic nitrogens is 2. The van der Waals surface area contributed by atoms with E-state index < -0.39 is 6.61 Å². The number of ether oxygens (including phenoxy) is 1. The van der Waals surface area contributed by atoms with Gasteiger partial charge in [0.05, 0.1) is 5.69 Å². The van der Waals surface area contributed by atoms with Gasteiger partial charge in [-0.25, -0.2) is 0 Å². The van der Waals surface area contributed by atoms with E-state index in [0.29, 0.717) is 11.7 Å². The number of nitrogens with two attached hydrogens (primary N) is 1. The Morgan fingerprint density at radius 1 is 1.35 bits per heavy atom. The maximum absolute atomic E-state index is 12.2. The fraction of sp³-hybridized carbons (Fsp3) is 0.357. The number of nitrogens with one attached hydrogen (secondary N) is 1. The molecule has 1 aromatic heterocycles. The third-order valence-electron chi connectivity index (χ3n) is 2.86. The summed E-state index contributed by atoms with van der Waals surface area (Å²) in [5.41, 5.74) is 8.22. The van der Waals surface area contributed by atoms with Gasteiger partial charge in [0.25, 0.3) is 0 Å². The summed E-state index contributed by atoms with van der Waals surface area (Å²) in [5.74, 6) is 0.962. The Balaban J connectivity index is 2.36. The number of anilines is 1. The number of hydrogen-bond acceptors (Lipinski definition) is 3. The molecule has 0 aliphatic rings. The van der Waals surface area contributed by atoms with Crippen LogP contribution in [0, 0.1) is 5.92 Å². The molecule has 0 bridgehead atoms. The van der Waals surface area contributed by atoms with Crippen LogP contribution in [0.5, 0.6) is 5.75 Å². The highest BCUT2D eigenvalue weighted by Crippen LogP contribution is 2.30. The lowest BCUT2D eigenvalue weighted by atomic mass is 9.99. The van der Waals surface area contributed by atoms with Crippen LogP contribution < -0.4 is 10.5 Å². The van der Waals surface area contributed by atoms with Gasteiger partial charge in [0, 0.05) is 11.1 Å². The van der Waals surface area contributed by atoms with Gasteiger partial charge in [0.15, 0.2) is 0 Å². The zero-order valence-corrected chi connectivity index (χ0v) is 11.4. The van der Waals surface area contributed by atoms with Gasteiger partial charge in [-0.1, -0.05) is 26.0 Å². The van der Waals surface area contributed by atoms with Crippen LogP contribution in [0.25, 0.3) is 11.3 Å². The van der Waals surface area contributed by atoms with Crippen LogP contribution in [0.1, 0.15) is 19.4 Å². The monoisotopic (exact) mass is 281 g/mol. The van der Waals surface area contributed by atoms with Crippen molar-refractivity contribution >= 4 is 5.82 Å². The molecule has 108 valence electrons. The Kier molecular flexibility index (Phi) is 4.22. The van der Waals surface area contributed by atoms with Gasteiger partial charge in [0.1, 0.15) is 11.6 Å². The number of nitrogens with zero attached hydrogens (tertiary/aromatic N) is 1. The summed E-state index contributed by atoms with van der Waals surface area (Å²) in [5, 5.41) is 6.86. The molecule has 20 heavy (non-hydrogen) atoms. The van der Waals surface area contributed by atoms with Crippen molar-refractivity contribution in [1.29, 1.82) is 0 Å². The van der Waals surface area contributed by atoms with Crippen LogP contribution in [0.3, 0.4) is 0 Å². The molecular weight excluding hydrogens is 264 g/mol. The van der Waals surface area contributed by atoms with E-state index in [4.69, 9.17) is 5.73 Å². The fourth-order valence-electron chi connectivity index (χ4n) is 2.06. The Labute approximate surface area is 115 Å². The highest BCUT2D eigenvalue weighted by Gasteiger charge is 2.15. The number of nitrogen functional groups attached to an aromatic ring is 1. The first-order chi connectivity index (χ1) is 9.47. The quantitative estimate of drug-likeness (QED) is 0.882. The number of H-pyrrole nitrogens is 1. The third kappa shape index (κ3) is 3.26. The van der Waals surface area contributed by atoms with Crippen LogP contribution in [0.15, 0.2) is 24.3 Å². The lowest BCUT2D eigenvalue weighted by Gasteiger charge is -2.09. The lowest BCUT2D eigenvalue weighted by molar-refractivity contribution is -0.0498. The summed E-state index contributed by atoms with van der Waals surface area (Å²) in [7, 11) is 0. The molecule has 0 saturated heterocycles. The van der Waals surface area contributed by atoms with Crippen LogP contribution in [-0.4, -0.2) is 16.8 Å². The Morgan fingerprint density at radius 2 is 2.10 bits per heavy atom. The van der Waals surface area contributed by atoms with Crippen LogP contribution in [0.4, 0.5) is 14.6 Å². The van der Waals surface area contributed by atoms with Gasteiger partial charge in [0.2, 0.25) is 0 Å². The Hall–Kier alpha value is -2.11. The summed E-state index contributed by atoms with van der Waals surface area (Å²) in [4.78, 5) is 0. The number of aromatic amines is 1. The molecule has 0 amide bonds. The number of benzene rings is 1. The van der Waals surface area contributed by atoms with Crippen LogP contribution in [-0.2, 0) is 6.42 Å². The zero-order valence-electron chi connectivity index (χ0n) is 11.4. The SMILES string of the molecule is CC(C)Cc1c(N)n[nH]c1-c1cccc(OC(F)F)c1. The van der Waals surface area contributed by atoms with Crippen molar-refractivity contribution in [2.75, 3.05) is 5.73 Å². The van der Waals surface area contributed by atoms with Crippen LogP contribution in [0.2, 0.25) is 0 Å². The van der Waals surface area contributed by atoms with Crippen LogP contribution >= 0.6 is 0 Å². The molecule has 0 spiro atoms. The average molecular weight is 281 g/mol. The van der Waals surface area contributed by atoms with Gasteiger partial charge >= 0.3 is 6.61 Å². The molecule has 1 aromatic carbocycles.